The molecule has 2 fully saturated rings. The standard InChI is InChI=1S/C17H31NO3/c1-12-9-14(11-16(2,3)10-12)21-8-6-13-5-4-7-17(13,18)15(19)20/h12-14H,4-11,18H2,1-3H3,(H,19,20). The number of aliphatic carboxylic acids is 1. The van der Waals surface area contributed by atoms with Gasteiger partial charge in [0, 0.05) is 6.61 Å². The third kappa shape index (κ3) is 3.98. The van der Waals surface area contributed by atoms with Crippen LogP contribution in [0.1, 0.15) is 65.7 Å². The lowest BCUT2D eigenvalue weighted by atomic mass is 9.71. The number of hydrogen-bond donors (Lipinski definition) is 2. The van der Waals surface area contributed by atoms with Gasteiger partial charge in [-0.3, -0.25) is 4.79 Å². The first-order valence-corrected chi connectivity index (χ1v) is 8.37. The minimum absolute atomic E-state index is 0.0593. The fourth-order valence-electron chi connectivity index (χ4n) is 4.55. The van der Waals surface area contributed by atoms with Crippen molar-refractivity contribution in [2.24, 2.45) is 23.0 Å². The summed E-state index contributed by atoms with van der Waals surface area (Å²) < 4.78 is 6.08. The molecular weight excluding hydrogens is 266 g/mol. The molecule has 0 spiro atoms. The molecule has 0 aromatic heterocycles. The lowest BCUT2D eigenvalue weighted by Crippen LogP contribution is -2.51. The van der Waals surface area contributed by atoms with E-state index < -0.39 is 11.5 Å². The van der Waals surface area contributed by atoms with E-state index in [-0.39, 0.29) is 5.92 Å². The summed E-state index contributed by atoms with van der Waals surface area (Å²) in [5.74, 6) is -0.0840. The Morgan fingerprint density at radius 2 is 2.10 bits per heavy atom. The van der Waals surface area contributed by atoms with Crippen LogP contribution in [0.3, 0.4) is 0 Å². The molecule has 4 heteroatoms. The number of carboxylic acid groups (broad SMARTS) is 1. The average molecular weight is 297 g/mol. The quantitative estimate of drug-likeness (QED) is 0.817. The van der Waals surface area contributed by atoms with Crippen LogP contribution in [0, 0.1) is 17.3 Å². The van der Waals surface area contributed by atoms with Crippen molar-refractivity contribution in [1.82, 2.24) is 0 Å². The molecule has 0 aliphatic heterocycles. The molecule has 4 nitrogen and oxygen atoms in total. The van der Waals surface area contributed by atoms with Gasteiger partial charge in [0.05, 0.1) is 6.10 Å². The van der Waals surface area contributed by atoms with Gasteiger partial charge < -0.3 is 15.6 Å². The molecule has 122 valence electrons. The van der Waals surface area contributed by atoms with Gasteiger partial charge in [-0.05, 0) is 55.8 Å². The second-order valence-electron chi connectivity index (χ2n) is 8.13. The summed E-state index contributed by atoms with van der Waals surface area (Å²) in [6.07, 6.45) is 7.02. The van der Waals surface area contributed by atoms with Gasteiger partial charge in [-0.15, -0.1) is 0 Å². The first-order chi connectivity index (χ1) is 9.73. The molecule has 0 radical (unpaired) electrons. The molecule has 4 unspecified atom stereocenters. The zero-order chi connectivity index (χ0) is 15.7. The van der Waals surface area contributed by atoms with Crippen molar-refractivity contribution in [2.75, 3.05) is 6.61 Å². The van der Waals surface area contributed by atoms with E-state index in [1.165, 1.54) is 6.42 Å². The van der Waals surface area contributed by atoms with Crippen molar-refractivity contribution >= 4 is 5.97 Å². The van der Waals surface area contributed by atoms with Crippen LogP contribution in [0.5, 0.6) is 0 Å². The van der Waals surface area contributed by atoms with Gasteiger partial charge in [0.15, 0.2) is 0 Å². The summed E-state index contributed by atoms with van der Waals surface area (Å²) >= 11 is 0. The Morgan fingerprint density at radius 1 is 1.38 bits per heavy atom. The first-order valence-electron chi connectivity index (χ1n) is 8.37. The monoisotopic (exact) mass is 297 g/mol. The molecule has 3 N–H and O–H groups in total. The summed E-state index contributed by atoms with van der Waals surface area (Å²) in [5, 5.41) is 9.33. The smallest absolute Gasteiger partial charge is 0.323 e. The zero-order valence-corrected chi connectivity index (χ0v) is 13.7. The van der Waals surface area contributed by atoms with Crippen LogP contribution in [-0.2, 0) is 9.53 Å². The van der Waals surface area contributed by atoms with Gasteiger partial charge in [-0.1, -0.05) is 27.2 Å². The summed E-state index contributed by atoms with van der Waals surface area (Å²) in [6.45, 7) is 7.56. The summed E-state index contributed by atoms with van der Waals surface area (Å²) in [6, 6.07) is 0. The Hall–Kier alpha value is -0.610. The van der Waals surface area contributed by atoms with Crippen LogP contribution in [0.25, 0.3) is 0 Å². The number of rotatable bonds is 5. The molecule has 0 heterocycles. The van der Waals surface area contributed by atoms with Gasteiger partial charge in [-0.25, -0.2) is 0 Å². The SMILES string of the molecule is CC1CC(OCCC2CCCC2(N)C(=O)O)CC(C)(C)C1. The minimum atomic E-state index is -1.03. The van der Waals surface area contributed by atoms with E-state index in [9.17, 15) is 9.90 Å². The van der Waals surface area contributed by atoms with Gasteiger partial charge in [0.1, 0.15) is 5.54 Å². The van der Waals surface area contributed by atoms with Crippen molar-refractivity contribution in [3.05, 3.63) is 0 Å². The van der Waals surface area contributed by atoms with E-state index in [2.05, 4.69) is 20.8 Å². The summed E-state index contributed by atoms with van der Waals surface area (Å²) in [4.78, 5) is 11.4. The largest absolute Gasteiger partial charge is 0.480 e. The molecular formula is C17H31NO3. The summed E-state index contributed by atoms with van der Waals surface area (Å²) in [5.41, 5.74) is 5.41. The molecule has 0 amide bonds. The predicted molar refractivity (Wildman–Crippen MR) is 83.0 cm³/mol. The normalized spacial score (nSPS) is 39.3. The van der Waals surface area contributed by atoms with E-state index in [1.807, 2.05) is 0 Å². The van der Waals surface area contributed by atoms with Crippen molar-refractivity contribution in [1.29, 1.82) is 0 Å². The van der Waals surface area contributed by atoms with E-state index >= 15 is 0 Å². The van der Waals surface area contributed by atoms with Gasteiger partial charge in [-0.2, -0.15) is 0 Å². The third-order valence-corrected chi connectivity index (χ3v) is 5.44. The van der Waals surface area contributed by atoms with Crippen LogP contribution >= 0.6 is 0 Å². The molecule has 2 rings (SSSR count). The molecule has 0 aromatic carbocycles. The molecule has 2 aliphatic rings. The topological polar surface area (TPSA) is 72.5 Å². The zero-order valence-electron chi connectivity index (χ0n) is 13.7. The average Bonchev–Trinajstić information content (AvgIpc) is 2.70. The molecule has 2 saturated carbocycles. The Labute approximate surface area is 128 Å². The Morgan fingerprint density at radius 3 is 2.71 bits per heavy atom. The van der Waals surface area contributed by atoms with Crippen molar-refractivity contribution in [3.63, 3.8) is 0 Å². The number of carbonyl (C=O) groups is 1. The van der Waals surface area contributed by atoms with Crippen LogP contribution in [0.15, 0.2) is 0 Å². The lowest BCUT2D eigenvalue weighted by molar-refractivity contribution is -0.145. The predicted octanol–water partition coefficient (Wildman–Crippen LogP) is 3.19. The first kappa shape index (κ1) is 16.8. The molecule has 21 heavy (non-hydrogen) atoms. The van der Waals surface area contributed by atoms with Crippen molar-refractivity contribution in [3.8, 4) is 0 Å². The number of nitrogens with two attached hydrogens (primary N) is 1. The highest BCUT2D eigenvalue weighted by atomic mass is 16.5. The number of carboxylic acids is 1. The maximum Gasteiger partial charge on any atom is 0.323 e. The number of ether oxygens (including phenoxy) is 1. The highest BCUT2D eigenvalue weighted by Crippen LogP contribution is 2.40. The van der Waals surface area contributed by atoms with E-state index in [4.69, 9.17) is 10.5 Å². The van der Waals surface area contributed by atoms with E-state index in [0.717, 1.165) is 32.1 Å². The number of hydrogen-bond acceptors (Lipinski definition) is 3. The lowest BCUT2D eigenvalue weighted by Gasteiger charge is -2.39. The molecule has 0 bridgehead atoms. The van der Waals surface area contributed by atoms with E-state index in [0.29, 0.717) is 30.5 Å². The van der Waals surface area contributed by atoms with Crippen molar-refractivity contribution < 1.29 is 14.6 Å². The van der Waals surface area contributed by atoms with Crippen LogP contribution < -0.4 is 5.73 Å². The van der Waals surface area contributed by atoms with Gasteiger partial charge in [0.2, 0.25) is 0 Å². The Bertz CT molecular complexity index is 382. The fraction of sp³-hybridized carbons (Fsp3) is 0.941. The fourth-order valence-corrected chi connectivity index (χ4v) is 4.55. The molecule has 2 aliphatic carbocycles. The van der Waals surface area contributed by atoms with Crippen LogP contribution in [0.4, 0.5) is 0 Å². The third-order valence-electron chi connectivity index (χ3n) is 5.44. The molecule has 0 aromatic rings. The second-order valence-corrected chi connectivity index (χ2v) is 8.13. The maximum absolute atomic E-state index is 11.4. The molecule has 4 atom stereocenters. The van der Waals surface area contributed by atoms with Crippen LogP contribution in [0.2, 0.25) is 0 Å². The highest BCUT2D eigenvalue weighted by Gasteiger charge is 2.45. The van der Waals surface area contributed by atoms with Gasteiger partial charge >= 0.3 is 5.97 Å². The second kappa shape index (κ2) is 6.25. The maximum atomic E-state index is 11.4. The van der Waals surface area contributed by atoms with E-state index in [1.54, 1.807) is 0 Å². The van der Waals surface area contributed by atoms with Crippen LogP contribution in [-0.4, -0.2) is 29.3 Å². The van der Waals surface area contributed by atoms with Crippen molar-refractivity contribution in [2.45, 2.75) is 77.4 Å². The minimum Gasteiger partial charge on any atom is -0.480 e. The van der Waals surface area contributed by atoms with Gasteiger partial charge in [0.25, 0.3) is 0 Å². The Kier molecular flexibility index (Phi) is 4.99. The summed E-state index contributed by atoms with van der Waals surface area (Å²) in [7, 11) is 0. The molecule has 0 saturated heterocycles. The highest BCUT2D eigenvalue weighted by molar-refractivity contribution is 5.79. The Balaban J connectivity index is 1.80.